The lowest BCUT2D eigenvalue weighted by atomic mass is 10.2. The third kappa shape index (κ3) is 4.65. The van der Waals surface area contributed by atoms with Crippen LogP contribution in [0.4, 0.5) is 10.5 Å². The van der Waals surface area contributed by atoms with E-state index in [0.717, 1.165) is 31.5 Å². The number of anilines is 1. The molecule has 1 aliphatic heterocycles. The summed E-state index contributed by atoms with van der Waals surface area (Å²) in [5, 5.41) is 2.47. The number of nitrogens with one attached hydrogen (secondary N) is 2. The van der Waals surface area contributed by atoms with Crippen LogP contribution in [0.5, 0.6) is 0 Å². The summed E-state index contributed by atoms with van der Waals surface area (Å²) < 4.78 is 26.5. The Balaban J connectivity index is 1.68. The van der Waals surface area contributed by atoms with Crippen LogP contribution in [0.25, 0.3) is 0 Å². The van der Waals surface area contributed by atoms with E-state index in [1.807, 2.05) is 11.6 Å². The number of sulfonamides is 1. The van der Waals surface area contributed by atoms with Crippen LogP contribution < -0.4 is 10.0 Å². The van der Waals surface area contributed by atoms with Gasteiger partial charge in [-0.15, -0.1) is 0 Å². The summed E-state index contributed by atoms with van der Waals surface area (Å²) in [6.07, 6.45) is 1.98. The van der Waals surface area contributed by atoms with Gasteiger partial charge in [-0.3, -0.25) is 4.79 Å². The van der Waals surface area contributed by atoms with Crippen LogP contribution >= 0.6 is 0 Å². The molecule has 2 N–H and O–H groups in total. The molecule has 3 rings (SSSR count). The number of hydrogen-bond donors (Lipinski definition) is 2. The summed E-state index contributed by atoms with van der Waals surface area (Å²) in [6.45, 7) is 3.30. The molecule has 0 aromatic heterocycles. The fraction of sp³-hybridized carbons (Fsp3) is 0.263. The van der Waals surface area contributed by atoms with E-state index in [-0.39, 0.29) is 10.8 Å². The molecule has 0 atom stereocenters. The highest BCUT2D eigenvalue weighted by atomic mass is 32.2. The van der Waals surface area contributed by atoms with Crippen molar-refractivity contribution in [2.45, 2.75) is 24.7 Å². The molecule has 1 fully saturated rings. The SMILES string of the molecule is Cc1ccc(S(=O)(=O)NC(=O)Nc2cccc(C(=O)N3CCCC3)c2)cc1. The lowest BCUT2D eigenvalue weighted by Gasteiger charge is -2.16. The smallest absolute Gasteiger partial charge is 0.333 e. The van der Waals surface area contributed by atoms with E-state index in [1.54, 1.807) is 41.3 Å². The average molecular weight is 387 g/mol. The van der Waals surface area contributed by atoms with Crippen LogP contribution in [0, 0.1) is 6.92 Å². The number of benzene rings is 2. The fourth-order valence-electron chi connectivity index (χ4n) is 2.89. The maximum Gasteiger partial charge on any atom is 0.333 e. The van der Waals surface area contributed by atoms with Gasteiger partial charge < -0.3 is 10.2 Å². The second-order valence-corrected chi connectivity index (χ2v) is 8.14. The molecule has 142 valence electrons. The van der Waals surface area contributed by atoms with Crippen molar-refractivity contribution < 1.29 is 18.0 Å². The molecule has 1 saturated heterocycles. The lowest BCUT2D eigenvalue weighted by molar-refractivity contribution is 0.0793. The minimum absolute atomic E-state index is 0.00112. The Labute approximate surface area is 158 Å². The molecule has 0 unspecified atom stereocenters. The highest BCUT2D eigenvalue weighted by Gasteiger charge is 2.20. The third-order valence-electron chi connectivity index (χ3n) is 4.32. The number of carbonyl (C=O) groups is 2. The van der Waals surface area contributed by atoms with Gasteiger partial charge in [0.15, 0.2) is 0 Å². The highest BCUT2D eigenvalue weighted by Crippen LogP contribution is 2.17. The predicted molar refractivity (Wildman–Crippen MR) is 102 cm³/mol. The van der Waals surface area contributed by atoms with E-state index in [2.05, 4.69) is 5.32 Å². The Bertz CT molecular complexity index is 949. The normalized spacial score (nSPS) is 14.0. The second-order valence-electron chi connectivity index (χ2n) is 6.45. The summed E-state index contributed by atoms with van der Waals surface area (Å²) in [4.78, 5) is 26.3. The van der Waals surface area contributed by atoms with E-state index in [0.29, 0.717) is 11.3 Å². The van der Waals surface area contributed by atoms with Gasteiger partial charge in [-0.2, -0.15) is 0 Å². The van der Waals surface area contributed by atoms with Gasteiger partial charge in [0.05, 0.1) is 4.90 Å². The molecule has 1 aliphatic rings. The van der Waals surface area contributed by atoms with Gasteiger partial charge in [0.2, 0.25) is 0 Å². The van der Waals surface area contributed by atoms with Crippen molar-refractivity contribution in [3.8, 4) is 0 Å². The maximum atomic E-state index is 12.4. The van der Waals surface area contributed by atoms with Gasteiger partial charge in [0.1, 0.15) is 0 Å². The summed E-state index contributed by atoms with van der Waals surface area (Å²) in [5.41, 5.74) is 1.71. The topological polar surface area (TPSA) is 95.6 Å². The van der Waals surface area contributed by atoms with E-state index in [9.17, 15) is 18.0 Å². The van der Waals surface area contributed by atoms with Crippen LogP contribution in [0.15, 0.2) is 53.4 Å². The largest absolute Gasteiger partial charge is 0.339 e. The van der Waals surface area contributed by atoms with Crippen molar-refractivity contribution in [1.29, 1.82) is 0 Å². The van der Waals surface area contributed by atoms with Crippen LogP contribution in [0.1, 0.15) is 28.8 Å². The van der Waals surface area contributed by atoms with Crippen molar-refractivity contribution in [3.63, 3.8) is 0 Å². The van der Waals surface area contributed by atoms with E-state index < -0.39 is 16.1 Å². The number of aryl methyl sites for hydroxylation is 1. The Kier molecular flexibility index (Phi) is 5.46. The van der Waals surface area contributed by atoms with Crippen molar-refractivity contribution >= 4 is 27.6 Å². The number of amides is 3. The zero-order chi connectivity index (χ0) is 19.4. The van der Waals surface area contributed by atoms with Crippen molar-refractivity contribution in [2.24, 2.45) is 0 Å². The quantitative estimate of drug-likeness (QED) is 0.843. The first-order valence-electron chi connectivity index (χ1n) is 8.65. The minimum Gasteiger partial charge on any atom is -0.339 e. The average Bonchev–Trinajstić information content (AvgIpc) is 3.15. The molecule has 8 heteroatoms. The summed E-state index contributed by atoms with van der Waals surface area (Å²) in [6, 6.07) is 11.7. The zero-order valence-corrected chi connectivity index (χ0v) is 15.8. The van der Waals surface area contributed by atoms with Crippen LogP contribution in [0.2, 0.25) is 0 Å². The monoisotopic (exact) mass is 387 g/mol. The molecule has 0 bridgehead atoms. The van der Waals surface area contributed by atoms with Gasteiger partial charge in [0.25, 0.3) is 15.9 Å². The van der Waals surface area contributed by atoms with Crippen molar-refractivity contribution in [1.82, 2.24) is 9.62 Å². The number of carbonyl (C=O) groups excluding carboxylic acids is 2. The lowest BCUT2D eigenvalue weighted by Crippen LogP contribution is -2.34. The van der Waals surface area contributed by atoms with Crippen LogP contribution in [0.3, 0.4) is 0 Å². The number of nitrogens with zero attached hydrogens (tertiary/aromatic N) is 1. The number of likely N-dealkylation sites (tertiary alicyclic amines) is 1. The van der Waals surface area contributed by atoms with Crippen LogP contribution in [-0.2, 0) is 10.0 Å². The molecule has 0 aliphatic carbocycles. The van der Waals surface area contributed by atoms with E-state index in [4.69, 9.17) is 0 Å². The Morgan fingerprint density at radius 1 is 1.00 bits per heavy atom. The molecule has 2 aromatic carbocycles. The van der Waals surface area contributed by atoms with Crippen molar-refractivity contribution in [3.05, 3.63) is 59.7 Å². The Hall–Kier alpha value is -2.87. The standard InChI is InChI=1S/C19H21N3O4S/c1-14-7-9-17(10-8-14)27(25,26)21-19(24)20-16-6-4-5-15(13-16)18(23)22-11-2-3-12-22/h4-10,13H,2-3,11-12H2,1H3,(H2,20,21,24). The maximum absolute atomic E-state index is 12.4. The predicted octanol–water partition coefficient (Wildman–Crippen LogP) is 2.74. The molecule has 7 nitrogen and oxygen atoms in total. The Morgan fingerprint density at radius 2 is 1.67 bits per heavy atom. The Morgan fingerprint density at radius 3 is 2.33 bits per heavy atom. The fourth-order valence-corrected chi connectivity index (χ4v) is 3.80. The molecule has 2 aromatic rings. The van der Waals surface area contributed by atoms with Gasteiger partial charge in [0, 0.05) is 24.3 Å². The van der Waals surface area contributed by atoms with Gasteiger partial charge >= 0.3 is 6.03 Å². The molecule has 3 amide bonds. The first kappa shape index (κ1) is 18.9. The molecular weight excluding hydrogens is 366 g/mol. The highest BCUT2D eigenvalue weighted by molar-refractivity contribution is 7.90. The molecule has 0 radical (unpaired) electrons. The third-order valence-corrected chi connectivity index (χ3v) is 5.67. The number of hydrogen-bond acceptors (Lipinski definition) is 4. The van der Waals surface area contributed by atoms with Gasteiger partial charge in [-0.1, -0.05) is 23.8 Å². The minimum atomic E-state index is -3.97. The molecular formula is C19H21N3O4S. The summed E-state index contributed by atoms with van der Waals surface area (Å²) in [7, 11) is -3.97. The van der Waals surface area contributed by atoms with Crippen LogP contribution in [-0.4, -0.2) is 38.3 Å². The van der Waals surface area contributed by atoms with E-state index in [1.165, 1.54) is 12.1 Å². The van der Waals surface area contributed by atoms with E-state index >= 15 is 0 Å². The zero-order valence-electron chi connectivity index (χ0n) is 14.9. The summed E-state index contributed by atoms with van der Waals surface area (Å²) >= 11 is 0. The van der Waals surface area contributed by atoms with Gasteiger partial charge in [-0.05, 0) is 50.1 Å². The molecule has 1 heterocycles. The van der Waals surface area contributed by atoms with Gasteiger partial charge in [-0.25, -0.2) is 17.9 Å². The number of rotatable bonds is 4. The molecule has 27 heavy (non-hydrogen) atoms. The number of urea groups is 1. The first-order chi connectivity index (χ1) is 12.8. The molecule has 0 spiro atoms. The van der Waals surface area contributed by atoms with Crippen molar-refractivity contribution in [2.75, 3.05) is 18.4 Å². The first-order valence-corrected chi connectivity index (χ1v) is 10.1. The summed E-state index contributed by atoms with van der Waals surface area (Å²) in [5.74, 6) is -0.0937. The second kappa shape index (κ2) is 7.79. The molecule has 0 saturated carbocycles.